The van der Waals surface area contributed by atoms with Crippen LogP contribution in [0, 0.1) is 0 Å². The van der Waals surface area contributed by atoms with Crippen LogP contribution in [0.25, 0.3) is 21.9 Å². The van der Waals surface area contributed by atoms with Crippen molar-refractivity contribution < 1.29 is 25.9 Å². The minimum atomic E-state index is -4.57. The summed E-state index contributed by atoms with van der Waals surface area (Å²) in [5.41, 5.74) is 0.380. The highest BCUT2D eigenvalue weighted by atomic mass is 32.2. The van der Waals surface area contributed by atoms with Crippen molar-refractivity contribution in [2.24, 2.45) is 0 Å². The average molecular weight is 364 g/mol. The van der Waals surface area contributed by atoms with Gasteiger partial charge in [0.1, 0.15) is 4.90 Å². The van der Waals surface area contributed by atoms with Crippen LogP contribution >= 0.6 is 0 Å². The van der Waals surface area contributed by atoms with Gasteiger partial charge in [-0.05, 0) is 23.1 Å². The molecular formula is C16H12O6S2. The smallest absolute Gasteiger partial charge is 0.282 e. The second kappa shape index (κ2) is 5.67. The Labute approximate surface area is 138 Å². The van der Waals surface area contributed by atoms with Crippen LogP contribution in [0.4, 0.5) is 0 Å². The average Bonchev–Trinajstić information content (AvgIpc) is 2.52. The maximum absolute atomic E-state index is 11.9. The summed E-state index contributed by atoms with van der Waals surface area (Å²) in [7, 11) is -9.00. The molecule has 0 unspecified atom stereocenters. The summed E-state index contributed by atoms with van der Waals surface area (Å²) in [6.45, 7) is 0. The van der Waals surface area contributed by atoms with Crippen LogP contribution in [-0.2, 0) is 20.2 Å². The van der Waals surface area contributed by atoms with Gasteiger partial charge in [-0.3, -0.25) is 9.11 Å². The first-order valence-electron chi connectivity index (χ1n) is 6.75. The van der Waals surface area contributed by atoms with Gasteiger partial charge in [0.25, 0.3) is 20.2 Å². The molecule has 0 radical (unpaired) electrons. The van der Waals surface area contributed by atoms with Crippen LogP contribution < -0.4 is 0 Å². The molecule has 3 aromatic carbocycles. The van der Waals surface area contributed by atoms with Crippen molar-refractivity contribution in [1.29, 1.82) is 0 Å². The fraction of sp³-hybridized carbons (Fsp3) is 0. The molecule has 0 aliphatic carbocycles. The van der Waals surface area contributed by atoms with E-state index in [1.807, 2.05) is 0 Å². The molecule has 3 rings (SSSR count). The third-order valence-corrected chi connectivity index (χ3v) is 5.39. The van der Waals surface area contributed by atoms with Crippen molar-refractivity contribution >= 4 is 31.0 Å². The normalized spacial score (nSPS) is 12.4. The minimum Gasteiger partial charge on any atom is -0.282 e. The molecule has 0 amide bonds. The van der Waals surface area contributed by atoms with Crippen LogP contribution in [0.3, 0.4) is 0 Å². The molecule has 8 heteroatoms. The van der Waals surface area contributed by atoms with Crippen molar-refractivity contribution in [3.05, 3.63) is 60.7 Å². The molecule has 0 spiro atoms. The molecule has 0 fully saturated rings. The van der Waals surface area contributed by atoms with Crippen LogP contribution in [0.1, 0.15) is 0 Å². The topological polar surface area (TPSA) is 109 Å². The van der Waals surface area contributed by atoms with E-state index in [4.69, 9.17) is 4.55 Å². The summed E-state index contributed by atoms with van der Waals surface area (Å²) >= 11 is 0. The van der Waals surface area contributed by atoms with Crippen LogP contribution in [0.5, 0.6) is 0 Å². The summed E-state index contributed by atoms with van der Waals surface area (Å²) in [4.78, 5) is -0.678. The number of rotatable bonds is 3. The van der Waals surface area contributed by atoms with Crippen molar-refractivity contribution in [3.8, 4) is 11.1 Å². The molecule has 2 N–H and O–H groups in total. The molecule has 0 atom stereocenters. The predicted molar refractivity (Wildman–Crippen MR) is 89.0 cm³/mol. The first kappa shape index (κ1) is 16.6. The minimum absolute atomic E-state index is 0.140. The van der Waals surface area contributed by atoms with Crippen molar-refractivity contribution in [2.45, 2.75) is 9.79 Å². The zero-order valence-electron chi connectivity index (χ0n) is 12.1. The van der Waals surface area contributed by atoms with Gasteiger partial charge in [0.15, 0.2) is 0 Å². The maximum atomic E-state index is 11.9. The van der Waals surface area contributed by atoms with E-state index < -0.39 is 20.2 Å². The first-order chi connectivity index (χ1) is 11.2. The standard InChI is InChI=1S/C16H12O6S2/c17-23(18,19)13-6-3-5-12(10-13)15-9-8-11-4-1-2-7-14(11)16(15)24(20,21)22/h1-10H,(H,17,18,19)(H,20,21,22). The summed E-state index contributed by atoms with van der Waals surface area (Å²) in [5.74, 6) is 0. The van der Waals surface area contributed by atoms with Crippen LogP contribution in [-0.4, -0.2) is 25.9 Å². The quantitative estimate of drug-likeness (QED) is 0.692. The van der Waals surface area contributed by atoms with E-state index in [-0.39, 0.29) is 20.9 Å². The Kier molecular flexibility index (Phi) is 3.92. The molecule has 0 heterocycles. The van der Waals surface area contributed by atoms with Crippen molar-refractivity contribution in [3.63, 3.8) is 0 Å². The SMILES string of the molecule is O=S(=O)(O)c1cccc(-c2ccc3ccccc3c2S(=O)(=O)O)c1. The van der Waals surface area contributed by atoms with Gasteiger partial charge in [-0.2, -0.15) is 16.8 Å². The van der Waals surface area contributed by atoms with Gasteiger partial charge in [0.2, 0.25) is 0 Å². The lowest BCUT2D eigenvalue weighted by molar-refractivity contribution is 0.482. The van der Waals surface area contributed by atoms with Gasteiger partial charge >= 0.3 is 0 Å². The number of benzene rings is 3. The Balaban J connectivity index is 2.40. The maximum Gasteiger partial charge on any atom is 0.295 e. The third kappa shape index (κ3) is 3.04. The summed E-state index contributed by atoms with van der Waals surface area (Å²) < 4.78 is 65.2. The summed E-state index contributed by atoms with van der Waals surface area (Å²) in [6.07, 6.45) is 0. The highest BCUT2D eigenvalue weighted by Gasteiger charge is 2.21. The van der Waals surface area contributed by atoms with Crippen LogP contribution in [0.2, 0.25) is 0 Å². The molecule has 0 saturated heterocycles. The van der Waals surface area contributed by atoms with Gasteiger partial charge in [-0.15, -0.1) is 0 Å². The third-order valence-electron chi connectivity index (χ3n) is 3.58. The Morgan fingerprint density at radius 1 is 0.708 bits per heavy atom. The molecule has 0 aliphatic heterocycles. The zero-order chi connectivity index (χ0) is 17.5. The molecule has 6 nitrogen and oxygen atoms in total. The lowest BCUT2D eigenvalue weighted by Crippen LogP contribution is -2.03. The lowest BCUT2D eigenvalue weighted by atomic mass is 10.0. The highest BCUT2D eigenvalue weighted by Crippen LogP contribution is 2.34. The van der Waals surface area contributed by atoms with E-state index in [1.165, 1.54) is 24.3 Å². The van der Waals surface area contributed by atoms with E-state index >= 15 is 0 Å². The highest BCUT2D eigenvalue weighted by molar-refractivity contribution is 7.86. The molecule has 0 aliphatic rings. The zero-order valence-corrected chi connectivity index (χ0v) is 13.8. The molecule has 124 valence electrons. The van der Waals surface area contributed by atoms with E-state index in [1.54, 1.807) is 30.3 Å². The molecule has 0 aromatic heterocycles. The van der Waals surface area contributed by atoms with Gasteiger partial charge in [0, 0.05) is 10.9 Å². The molecule has 0 saturated carbocycles. The second-order valence-electron chi connectivity index (χ2n) is 5.14. The van der Waals surface area contributed by atoms with Crippen molar-refractivity contribution in [2.75, 3.05) is 0 Å². The van der Waals surface area contributed by atoms with Gasteiger partial charge < -0.3 is 0 Å². The fourth-order valence-electron chi connectivity index (χ4n) is 2.57. The predicted octanol–water partition coefficient (Wildman–Crippen LogP) is 3.00. The monoisotopic (exact) mass is 364 g/mol. The van der Waals surface area contributed by atoms with Crippen LogP contribution in [0.15, 0.2) is 70.5 Å². The fourth-order valence-corrected chi connectivity index (χ4v) is 4.03. The van der Waals surface area contributed by atoms with E-state index in [0.29, 0.717) is 10.8 Å². The van der Waals surface area contributed by atoms with Crippen molar-refractivity contribution in [1.82, 2.24) is 0 Å². The molecule has 0 bridgehead atoms. The van der Waals surface area contributed by atoms with Gasteiger partial charge in [-0.1, -0.05) is 48.5 Å². The summed E-state index contributed by atoms with van der Waals surface area (Å²) in [5, 5.41) is 0.926. The Hall–Kier alpha value is -2.26. The van der Waals surface area contributed by atoms with E-state index in [0.717, 1.165) is 6.07 Å². The number of hydrogen-bond acceptors (Lipinski definition) is 4. The Bertz CT molecular complexity index is 1150. The first-order valence-corrected chi connectivity index (χ1v) is 9.63. The lowest BCUT2D eigenvalue weighted by Gasteiger charge is -2.11. The molecule has 3 aromatic rings. The molecule has 24 heavy (non-hydrogen) atoms. The largest absolute Gasteiger partial charge is 0.295 e. The Morgan fingerprint density at radius 3 is 2.08 bits per heavy atom. The number of hydrogen-bond donors (Lipinski definition) is 2. The second-order valence-corrected chi connectivity index (χ2v) is 7.92. The van der Waals surface area contributed by atoms with E-state index in [9.17, 15) is 21.4 Å². The number of fused-ring (bicyclic) bond motifs is 1. The Morgan fingerprint density at radius 2 is 1.42 bits per heavy atom. The summed E-state index contributed by atoms with van der Waals surface area (Å²) in [6, 6.07) is 15.0. The van der Waals surface area contributed by atoms with Gasteiger partial charge in [0.05, 0.1) is 4.90 Å². The molecular weight excluding hydrogens is 352 g/mol. The van der Waals surface area contributed by atoms with Gasteiger partial charge in [-0.25, -0.2) is 0 Å². The van der Waals surface area contributed by atoms with E-state index in [2.05, 4.69) is 0 Å².